The molecule has 10 heavy (non-hydrogen) atoms. The molecule has 0 fully saturated rings. The number of halogens is 3. The number of hydrogen-bond donors (Lipinski definition) is 1. The number of rotatable bonds is 3. The van der Waals surface area contributed by atoms with E-state index in [9.17, 15) is 13.2 Å². The van der Waals surface area contributed by atoms with Crippen molar-refractivity contribution in [2.24, 2.45) is 0 Å². The molecule has 62 valence electrons. The summed E-state index contributed by atoms with van der Waals surface area (Å²) in [7, 11) is 1.54. The molecule has 0 saturated heterocycles. The van der Waals surface area contributed by atoms with Gasteiger partial charge in [-0.05, 0) is 13.5 Å². The zero-order valence-electron chi connectivity index (χ0n) is 6.13. The summed E-state index contributed by atoms with van der Waals surface area (Å²) in [4.78, 5) is 0. The van der Waals surface area contributed by atoms with Crippen molar-refractivity contribution in [3.63, 3.8) is 0 Å². The number of hydrogen-bond acceptors (Lipinski definition) is 1. The molecule has 1 atom stereocenters. The van der Waals surface area contributed by atoms with Crippen LogP contribution in [-0.2, 0) is 0 Å². The predicted octanol–water partition coefficient (Wildman–Crippen LogP) is 1.94. The Balaban J connectivity index is 3.63. The van der Waals surface area contributed by atoms with Gasteiger partial charge in [0.1, 0.15) is 0 Å². The highest BCUT2D eigenvalue weighted by Crippen LogP contribution is 2.22. The highest BCUT2D eigenvalue weighted by Gasteiger charge is 2.30. The third kappa shape index (κ3) is 4.61. The maximum Gasteiger partial charge on any atom is 0.390 e. The summed E-state index contributed by atoms with van der Waals surface area (Å²) in [6.07, 6.45) is -4.26. The molecular weight excluding hydrogens is 143 g/mol. The van der Waals surface area contributed by atoms with E-state index in [1.54, 1.807) is 14.0 Å². The summed E-state index contributed by atoms with van der Waals surface area (Å²) in [5.74, 6) is 0. The van der Waals surface area contributed by atoms with Gasteiger partial charge in [-0.15, -0.1) is 0 Å². The van der Waals surface area contributed by atoms with Crippen molar-refractivity contribution in [2.45, 2.75) is 32.0 Å². The van der Waals surface area contributed by atoms with Crippen molar-refractivity contribution in [2.75, 3.05) is 7.05 Å². The minimum Gasteiger partial charge on any atom is -0.317 e. The van der Waals surface area contributed by atoms with E-state index in [1.165, 1.54) is 0 Å². The van der Waals surface area contributed by atoms with E-state index in [-0.39, 0.29) is 0 Å². The number of nitrogens with one attached hydrogen (secondary N) is 1. The Kier molecular flexibility index (Phi) is 3.71. The Morgan fingerprint density at radius 2 is 1.90 bits per heavy atom. The molecule has 0 aromatic carbocycles. The Morgan fingerprint density at radius 1 is 1.40 bits per heavy atom. The second-order valence-corrected chi connectivity index (χ2v) is 2.21. The van der Waals surface area contributed by atoms with Crippen LogP contribution in [0.15, 0.2) is 0 Å². The Hall–Kier alpha value is -0.250. The highest BCUT2D eigenvalue weighted by atomic mass is 19.4. The van der Waals surface area contributed by atoms with E-state index in [1.807, 2.05) is 0 Å². The van der Waals surface area contributed by atoms with E-state index >= 15 is 0 Å². The summed E-state index contributed by atoms with van der Waals surface area (Å²) in [5.41, 5.74) is 0. The van der Waals surface area contributed by atoms with Crippen molar-refractivity contribution >= 4 is 0 Å². The first-order valence-electron chi connectivity index (χ1n) is 3.23. The number of alkyl halides is 3. The molecule has 0 spiro atoms. The van der Waals surface area contributed by atoms with Crippen LogP contribution in [-0.4, -0.2) is 19.3 Å². The largest absolute Gasteiger partial charge is 0.390 e. The average Bonchev–Trinajstić information content (AvgIpc) is 1.81. The van der Waals surface area contributed by atoms with Crippen LogP contribution in [0.4, 0.5) is 13.2 Å². The zero-order valence-corrected chi connectivity index (χ0v) is 6.13. The van der Waals surface area contributed by atoms with Crippen LogP contribution < -0.4 is 5.32 Å². The molecule has 0 amide bonds. The standard InChI is InChI=1S/C6H12F3N/c1-3-5(10-2)4-6(7,8)9/h5,10H,3-4H2,1-2H3. The molecule has 0 rings (SSSR count). The minimum absolute atomic E-state index is 0.431. The minimum atomic E-state index is -4.04. The fraction of sp³-hybridized carbons (Fsp3) is 1.00. The monoisotopic (exact) mass is 155 g/mol. The topological polar surface area (TPSA) is 12.0 Å². The first kappa shape index (κ1) is 9.75. The molecule has 1 unspecified atom stereocenters. The zero-order chi connectivity index (χ0) is 8.20. The summed E-state index contributed by atoms with van der Waals surface area (Å²) in [5, 5.41) is 2.59. The lowest BCUT2D eigenvalue weighted by molar-refractivity contribution is -0.139. The molecule has 4 heteroatoms. The first-order chi connectivity index (χ1) is 4.49. The lowest BCUT2D eigenvalue weighted by Gasteiger charge is -2.15. The third-order valence-electron chi connectivity index (χ3n) is 1.38. The normalized spacial score (nSPS) is 15.3. The van der Waals surface area contributed by atoms with Crippen molar-refractivity contribution in [3.05, 3.63) is 0 Å². The molecule has 0 heterocycles. The quantitative estimate of drug-likeness (QED) is 0.656. The van der Waals surface area contributed by atoms with E-state index in [4.69, 9.17) is 0 Å². The molecule has 1 nitrogen and oxygen atoms in total. The maximum atomic E-state index is 11.6. The van der Waals surface area contributed by atoms with Gasteiger partial charge in [0, 0.05) is 6.04 Å². The van der Waals surface area contributed by atoms with Gasteiger partial charge in [0.25, 0.3) is 0 Å². The van der Waals surface area contributed by atoms with Gasteiger partial charge < -0.3 is 5.32 Å². The fourth-order valence-corrected chi connectivity index (χ4v) is 0.730. The van der Waals surface area contributed by atoms with Crippen LogP contribution in [0.25, 0.3) is 0 Å². The Bertz CT molecular complexity index is 85.5. The molecule has 0 aromatic rings. The third-order valence-corrected chi connectivity index (χ3v) is 1.38. The van der Waals surface area contributed by atoms with Gasteiger partial charge in [-0.3, -0.25) is 0 Å². The highest BCUT2D eigenvalue weighted by molar-refractivity contribution is 4.66. The second-order valence-electron chi connectivity index (χ2n) is 2.21. The van der Waals surface area contributed by atoms with Crippen LogP contribution in [0.5, 0.6) is 0 Å². The van der Waals surface area contributed by atoms with E-state index in [2.05, 4.69) is 5.32 Å². The molecule has 0 aliphatic carbocycles. The smallest absolute Gasteiger partial charge is 0.317 e. The summed E-state index contributed by atoms with van der Waals surface area (Å²) in [6.45, 7) is 1.73. The van der Waals surface area contributed by atoms with Crippen LogP contribution in [0.2, 0.25) is 0 Å². The van der Waals surface area contributed by atoms with Crippen LogP contribution in [0.1, 0.15) is 19.8 Å². The van der Waals surface area contributed by atoms with E-state index < -0.39 is 18.6 Å². The van der Waals surface area contributed by atoms with Crippen LogP contribution in [0, 0.1) is 0 Å². The summed E-state index contributed by atoms with van der Waals surface area (Å²) in [6, 6.07) is -0.431. The fourth-order valence-electron chi connectivity index (χ4n) is 0.730. The lowest BCUT2D eigenvalue weighted by Crippen LogP contribution is -2.30. The van der Waals surface area contributed by atoms with Gasteiger partial charge in [0.2, 0.25) is 0 Å². The van der Waals surface area contributed by atoms with E-state index in [0.717, 1.165) is 0 Å². The second kappa shape index (κ2) is 3.81. The molecule has 0 aromatic heterocycles. The van der Waals surface area contributed by atoms with Crippen LogP contribution in [0.3, 0.4) is 0 Å². The molecular formula is C6H12F3N. The van der Waals surface area contributed by atoms with E-state index in [0.29, 0.717) is 6.42 Å². The SMILES string of the molecule is CCC(CC(F)(F)F)NC. The molecule has 0 aliphatic rings. The van der Waals surface area contributed by atoms with Gasteiger partial charge in [-0.25, -0.2) is 0 Å². The Morgan fingerprint density at radius 3 is 2.00 bits per heavy atom. The molecule has 0 saturated carbocycles. The van der Waals surface area contributed by atoms with Gasteiger partial charge in [-0.1, -0.05) is 6.92 Å². The van der Waals surface area contributed by atoms with Crippen molar-refractivity contribution in [1.29, 1.82) is 0 Å². The van der Waals surface area contributed by atoms with Crippen LogP contribution >= 0.6 is 0 Å². The van der Waals surface area contributed by atoms with Gasteiger partial charge in [0.05, 0.1) is 6.42 Å². The first-order valence-corrected chi connectivity index (χ1v) is 3.23. The Labute approximate surface area is 58.6 Å². The molecule has 0 radical (unpaired) electrons. The average molecular weight is 155 g/mol. The summed E-state index contributed by atoms with van der Waals surface area (Å²) < 4.78 is 34.9. The predicted molar refractivity (Wildman–Crippen MR) is 33.8 cm³/mol. The molecule has 1 N–H and O–H groups in total. The maximum absolute atomic E-state index is 11.6. The van der Waals surface area contributed by atoms with Gasteiger partial charge in [-0.2, -0.15) is 13.2 Å². The van der Waals surface area contributed by atoms with Crippen molar-refractivity contribution in [1.82, 2.24) is 5.32 Å². The van der Waals surface area contributed by atoms with Gasteiger partial charge in [0.15, 0.2) is 0 Å². The van der Waals surface area contributed by atoms with Crippen molar-refractivity contribution in [3.8, 4) is 0 Å². The van der Waals surface area contributed by atoms with Gasteiger partial charge >= 0.3 is 6.18 Å². The lowest BCUT2D eigenvalue weighted by atomic mass is 10.1. The summed E-state index contributed by atoms with van der Waals surface area (Å²) >= 11 is 0. The molecule has 0 aliphatic heterocycles. The van der Waals surface area contributed by atoms with Crippen molar-refractivity contribution < 1.29 is 13.2 Å². The molecule has 0 bridgehead atoms.